The van der Waals surface area contributed by atoms with Gasteiger partial charge in [-0.2, -0.15) is 13.2 Å². The topological polar surface area (TPSA) is 66.4 Å². The van der Waals surface area contributed by atoms with Crippen LogP contribution in [0.3, 0.4) is 0 Å². The molecule has 7 heteroatoms. The predicted molar refractivity (Wildman–Crippen MR) is 69.6 cm³/mol. The molecule has 21 heavy (non-hydrogen) atoms. The molecule has 0 fully saturated rings. The Labute approximate surface area is 120 Å². The molecule has 0 aliphatic carbocycles. The van der Waals surface area contributed by atoms with Gasteiger partial charge in [-0.25, -0.2) is 0 Å². The number of carboxylic acids is 1. The molecule has 0 bridgehead atoms. The fourth-order valence-electron chi connectivity index (χ4n) is 1.76. The molecule has 1 atom stereocenters. The first-order chi connectivity index (χ1) is 9.68. The van der Waals surface area contributed by atoms with Gasteiger partial charge in [0.1, 0.15) is 0 Å². The Bertz CT molecular complexity index is 514. The van der Waals surface area contributed by atoms with Gasteiger partial charge >= 0.3 is 12.1 Å². The van der Waals surface area contributed by atoms with Gasteiger partial charge in [-0.3, -0.25) is 9.59 Å². The summed E-state index contributed by atoms with van der Waals surface area (Å²) in [4.78, 5) is 22.1. The van der Waals surface area contributed by atoms with Crippen molar-refractivity contribution in [3.8, 4) is 0 Å². The summed E-state index contributed by atoms with van der Waals surface area (Å²) in [6, 6.07) is 4.56. The molecule has 1 aromatic rings. The molecule has 0 spiro atoms. The van der Waals surface area contributed by atoms with Crippen LogP contribution in [0.4, 0.5) is 13.2 Å². The number of carboxylic acid groups (broad SMARTS) is 1. The highest BCUT2D eigenvalue weighted by Crippen LogP contribution is 2.29. The average molecular weight is 303 g/mol. The maximum atomic E-state index is 12.5. The van der Waals surface area contributed by atoms with Gasteiger partial charge in [0.2, 0.25) is 5.91 Å². The molecular formula is C14H16F3NO3. The molecule has 0 saturated heterocycles. The lowest BCUT2D eigenvalue weighted by molar-refractivity contribution is -0.138. The minimum absolute atomic E-state index is 0.0795. The molecule has 1 aromatic carbocycles. The van der Waals surface area contributed by atoms with E-state index < -0.39 is 23.6 Å². The molecule has 4 nitrogen and oxygen atoms in total. The van der Waals surface area contributed by atoms with Crippen LogP contribution in [0.25, 0.3) is 0 Å². The second-order valence-corrected chi connectivity index (χ2v) is 4.88. The third-order valence-electron chi connectivity index (χ3n) is 2.79. The number of alkyl halides is 3. The van der Waals surface area contributed by atoms with Gasteiger partial charge in [-0.15, -0.1) is 0 Å². The Morgan fingerprint density at radius 2 is 2.00 bits per heavy atom. The largest absolute Gasteiger partial charge is 0.481 e. The first-order valence-electron chi connectivity index (χ1n) is 6.33. The monoisotopic (exact) mass is 303 g/mol. The average Bonchev–Trinajstić information content (AvgIpc) is 2.35. The number of rotatable bonds is 6. The van der Waals surface area contributed by atoms with E-state index in [1.165, 1.54) is 12.1 Å². The zero-order chi connectivity index (χ0) is 16.0. The number of amides is 1. The van der Waals surface area contributed by atoms with Gasteiger partial charge in [0, 0.05) is 13.0 Å². The lowest BCUT2D eigenvalue weighted by atomic mass is 10.1. The molecule has 1 unspecified atom stereocenters. The molecule has 0 aliphatic rings. The molecular weight excluding hydrogens is 287 g/mol. The van der Waals surface area contributed by atoms with E-state index in [9.17, 15) is 22.8 Å². The van der Waals surface area contributed by atoms with Crippen LogP contribution in [0, 0.1) is 5.92 Å². The standard InChI is InChI=1S/C14H16F3NO3/c1-9(5-13(20)21)8-18-12(19)7-10-3-2-4-11(6-10)14(15,16)17/h2-4,6,9H,5,7-8H2,1H3,(H,18,19)(H,20,21). The maximum absolute atomic E-state index is 12.5. The highest BCUT2D eigenvalue weighted by Gasteiger charge is 2.30. The van der Waals surface area contributed by atoms with Crippen molar-refractivity contribution in [3.63, 3.8) is 0 Å². The van der Waals surface area contributed by atoms with Crippen molar-refractivity contribution in [1.29, 1.82) is 0 Å². The van der Waals surface area contributed by atoms with Crippen LogP contribution in [0.15, 0.2) is 24.3 Å². The summed E-state index contributed by atoms with van der Waals surface area (Å²) in [5.74, 6) is -1.64. The summed E-state index contributed by atoms with van der Waals surface area (Å²) in [7, 11) is 0. The van der Waals surface area contributed by atoms with Crippen LogP contribution in [0.1, 0.15) is 24.5 Å². The lowest BCUT2D eigenvalue weighted by Gasteiger charge is -2.11. The number of benzene rings is 1. The smallest absolute Gasteiger partial charge is 0.416 e. The van der Waals surface area contributed by atoms with Crippen molar-refractivity contribution in [1.82, 2.24) is 5.32 Å². The van der Waals surface area contributed by atoms with Crippen LogP contribution >= 0.6 is 0 Å². The van der Waals surface area contributed by atoms with Gasteiger partial charge < -0.3 is 10.4 Å². The highest BCUT2D eigenvalue weighted by molar-refractivity contribution is 5.78. The van der Waals surface area contributed by atoms with E-state index >= 15 is 0 Å². The van der Waals surface area contributed by atoms with Crippen LogP contribution < -0.4 is 5.32 Å². The molecule has 0 saturated carbocycles. The number of nitrogens with one attached hydrogen (secondary N) is 1. The highest BCUT2D eigenvalue weighted by atomic mass is 19.4. The number of aliphatic carboxylic acids is 1. The van der Waals surface area contributed by atoms with Crippen LogP contribution in [-0.2, 0) is 22.2 Å². The Balaban J connectivity index is 2.54. The molecule has 0 aromatic heterocycles. The van der Waals surface area contributed by atoms with Gasteiger partial charge in [0.25, 0.3) is 0 Å². The van der Waals surface area contributed by atoms with Crippen molar-refractivity contribution in [3.05, 3.63) is 35.4 Å². The maximum Gasteiger partial charge on any atom is 0.416 e. The molecule has 1 rings (SSSR count). The molecule has 0 radical (unpaired) electrons. The lowest BCUT2D eigenvalue weighted by Crippen LogP contribution is -2.30. The Morgan fingerprint density at radius 1 is 1.33 bits per heavy atom. The van der Waals surface area contributed by atoms with Gasteiger partial charge in [0.15, 0.2) is 0 Å². The van der Waals surface area contributed by atoms with E-state index in [1.54, 1.807) is 6.92 Å². The van der Waals surface area contributed by atoms with Crippen LogP contribution in [-0.4, -0.2) is 23.5 Å². The van der Waals surface area contributed by atoms with Crippen molar-refractivity contribution >= 4 is 11.9 Å². The molecule has 0 heterocycles. The van der Waals surface area contributed by atoms with E-state index in [4.69, 9.17) is 5.11 Å². The summed E-state index contributed by atoms with van der Waals surface area (Å²) in [6.07, 6.45) is -4.70. The SMILES string of the molecule is CC(CNC(=O)Cc1cccc(C(F)(F)F)c1)CC(=O)O. The fraction of sp³-hybridized carbons (Fsp3) is 0.429. The number of hydrogen-bond acceptors (Lipinski definition) is 2. The van der Waals surface area contributed by atoms with Gasteiger partial charge in [0.05, 0.1) is 12.0 Å². The van der Waals surface area contributed by atoms with Crippen LogP contribution in [0.5, 0.6) is 0 Å². The zero-order valence-electron chi connectivity index (χ0n) is 11.4. The van der Waals surface area contributed by atoms with E-state index in [0.29, 0.717) is 0 Å². The number of hydrogen-bond donors (Lipinski definition) is 2. The van der Waals surface area contributed by atoms with E-state index in [-0.39, 0.29) is 30.9 Å². The second-order valence-electron chi connectivity index (χ2n) is 4.88. The fourth-order valence-corrected chi connectivity index (χ4v) is 1.76. The van der Waals surface area contributed by atoms with Gasteiger partial charge in [-0.1, -0.05) is 25.1 Å². The van der Waals surface area contributed by atoms with Crippen molar-refractivity contribution in [2.24, 2.45) is 5.92 Å². The zero-order valence-corrected chi connectivity index (χ0v) is 11.4. The Kier molecular flexibility index (Phi) is 5.75. The summed E-state index contributed by atoms with van der Waals surface area (Å²) in [6.45, 7) is 1.84. The van der Waals surface area contributed by atoms with Gasteiger partial charge in [-0.05, 0) is 17.5 Å². The Hall–Kier alpha value is -2.05. The number of carbonyl (C=O) groups is 2. The summed E-state index contributed by atoms with van der Waals surface area (Å²) >= 11 is 0. The normalized spacial score (nSPS) is 12.8. The van der Waals surface area contributed by atoms with Crippen molar-refractivity contribution < 1.29 is 27.9 Å². The first-order valence-corrected chi connectivity index (χ1v) is 6.33. The third kappa shape index (κ3) is 6.29. The van der Waals surface area contributed by atoms with E-state index in [2.05, 4.69) is 5.32 Å². The first kappa shape index (κ1) is 17.0. The summed E-state index contributed by atoms with van der Waals surface area (Å²) in [5.41, 5.74) is -0.541. The molecule has 2 N–H and O–H groups in total. The predicted octanol–water partition coefficient (Wildman–Crippen LogP) is 2.47. The summed E-state index contributed by atoms with van der Waals surface area (Å²) < 4.78 is 37.6. The number of carbonyl (C=O) groups excluding carboxylic acids is 1. The van der Waals surface area contributed by atoms with Crippen LogP contribution in [0.2, 0.25) is 0 Å². The third-order valence-corrected chi connectivity index (χ3v) is 2.79. The van der Waals surface area contributed by atoms with Crippen molar-refractivity contribution in [2.75, 3.05) is 6.54 Å². The minimum Gasteiger partial charge on any atom is -0.481 e. The van der Waals surface area contributed by atoms with E-state index in [0.717, 1.165) is 12.1 Å². The quantitative estimate of drug-likeness (QED) is 0.848. The molecule has 0 aliphatic heterocycles. The number of halogens is 3. The minimum atomic E-state index is -4.44. The molecule has 1 amide bonds. The second kappa shape index (κ2) is 7.10. The molecule has 116 valence electrons. The Morgan fingerprint density at radius 3 is 2.57 bits per heavy atom. The summed E-state index contributed by atoms with van der Waals surface area (Å²) in [5, 5.41) is 11.1. The van der Waals surface area contributed by atoms with Crippen molar-refractivity contribution in [2.45, 2.75) is 25.9 Å². The van der Waals surface area contributed by atoms with E-state index in [1.807, 2.05) is 0 Å².